The van der Waals surface area contributed by atoms with Crippen molar-refractivity contribution in [2.24, 2.45) is 0 Å². The Balaban J connectivity index is 2.37. The van der Waals surface area contributed by atoms with Crippen molar-refractivity contribution in [2.75, 3.05) is 5.32 Å². The molecule has 2 aromatic rings. The lowest BCUT2D eigenvalue weighted by molar-refractivity contribution is 0.102. The van der Waals surface area contributed by atoms with Crippen molar-refractivity contribution in [1.29, 1.82) is 0 Å². The van der Waals surface area contributed by atoms with Crippen LogP contribution in [-0.2, 0) is 10.0 Å². The van der Waals surface area contributed by atoms with Gasteiger partial charge in [-0.05, 0) is 56.7 Å². The Morgan fingerprint density at radius 3 is 2.48 bits per heavy atom. The third-order valence-electron chi connectivity index (χ3n) is 3.25. The van der Waals surface area contributed by atoms with Crippen LogP contribution in [0.15, 0.2) is 41.3 Å². The fourth-order valence-corrected chi connectivity index (χ4v) is 3.63. The zero-order valence-electron chi connectivity index (χ0n) is 13.9. The first-order valence-corrected chi connectivity index (χ1v) is 9.35. The van der Waals surface area contributed by atoms with Crippen LogP contribution in [0, 0.1) is 12.7 Å². The molecule has 0 heterocycles. The normalized spacial score (nSPS) is 11.6. The predicted molar refractivity (Wildman–Crippen MR) is 96.0 cm³/mol. The first-order valence-electron chi connectivity index (χ1n) is 7.49. The summed E-state index contributed by atoms with van der Waals surface area (Å²) >= 11 is 6.01. The van der Waals surface area contributed by atoms with Gasteiger partial charge in [-0.25, -0.2) is 17.5 Å². The van der Waals surface area contributed by atoms with Gasteiger partial charge in [0.2, 0.25) is 10.0 Å². The maximum Gasteiger partial charge on any atom is 0.257 e. The van der Waals surface area contributed by atoms with Crippen LogP contribution in [0.1, 0.15) is 29.8 Å². The molecule has 134 valence electrons. The van der Waals surface area contributed by atoms with Crippen molar-refractivity contribution in [1.82, 2.24) is 4.72 Å². The molecular weight excluding hydrogens is 367 g/mol. The molecule has 0 aromatic heterocycles. The zero-order valence-corrected chi connectivity index (χ0v) is 15.5. The minimum absolute atomic E-state index is 0.00497. The molecule has 0 aliphatic heterocycles. The first-order chi connectivity index (χ1) is 11.6. The smallest absolute Gasteiger partial charge is 0.257 e. The number of hydrogen-bond acceptors (Lipinski definition) is 3. The van der Waals surface area contributed by atoms with Crippen LogP contribution in [-0.4, -0.2) is 20.4 Å². The van der Waals surface area contributed by atoms with Gasteiger partial charge >= 0.3 is 0 Å². The molecule has 0 saturated carbocycles. The van der Waals surface area contributed by atoms with Crippen LogP contribution in [0.3, 0.4) is 0 Å². The molecule has 0 fully saturated rings. The Morgan fingerprint density at radius 1 is 1.16 bits per heavy atom. The van der Waals surface area contributed by atoms with E-state index in [0.29, 0.717) is 0 Å². The fourth-order valence-electron chi connectivity index (χ4n) is 2.15. The number of benzene rings is 2. The van der Waals surface area contributed by atoms with E-state index in [0.717, 1.165) is 11.6 Å². The standard InChI is InChI=1S/C17H18ClFN2O3S/c1-10(2)21-25(23,24)12-5-6-14(18)13(9-12)17(22)20-16-8-11(3)4-7-15(16)19/h4-10,21H,1-3H3,(H,20,22). The molecule has 0 unspecified atom stereocenters. The quantitative estimate of drug-likeness (QED) is 0.824. The molecule has 0 bridgehead atoms. The predicted octanol–water partition coefficient (Wildman–Crippen LogP) is 3.73. The molecule has 5 nitrogen and oxygen atoms in total. The number of amides is 1. The number of rotatable bonds is 5. The van der Waals surface area contributed by atoms with Crippen LogP contribution in [0.2, 0.25) is 5.02 Å². The van der Waals surface area contributed by atoms with Crippen molar-refractivity contribution in [3.8, 4) is 0 Å². The van der Waals surface area contributed by atoms with Crippen LogP contribution >= 0.6 is 11.6 Å². The summed E-state index contributed by atoms with van der Waals surface area (Å²) < 4.78 is 40.7. The van der Waals surface area contributed by atoms with E-state index >= 15 is 0 Å². The summed E-state index contributed by atoms with van der Waals surface area (Å²) in [7, 11) is -3.78. The number of carbonyl (C=O) groups is 1. The average molecular weight is 385 g/mol. The van der Waals surface area contributed by atoms with E-state index in [1.165, 1.54) is 24.3 Å². The number of anilines is 1. The molecular formula is C17H18ClFN2O3S. The van der Waals surface area contributed by atoms with E-state index in [9.17, 15) is 17.6 Å². The Morgan fingerprint density at radius 2 is 1.84 bits per heavy atom. The van der Waals surface area contributed by atoms with Crippen LogP contribution in [0.5, 0.6) is 0 Å². The summed E-state index contributed by atoms with van der Waals surface area (Å²) in [6.07, 6.45) is 0. The molecule has 0 saturated heterocycles. The number of carbonyl (C=O) groups excluding carboxylic acids is 1. The minimum atomic E-state index is -3.78. The average Bonchev–Trinajstić information content (AvgIpc) is 2.49. The summed E-state index contributed by atoms with van der Waals surface area (Å²) in [6.45, 7) is 5.12. The Labute approximate surface area is 151 Å². The molecule has 0 atom stereocenters. The third kappa shape index (κ3) is 4.78. The van der Waals surface area contributed by atoms with Gasteiger partial charge in [0.25, 0.3) is 5.91 Å². The molecule has 0 spiro atoms. The molecule has 2 N–H and O–H groups in total. The second-order valence-electron chi connectivity index (χ2n) is 5.86. The van der Waals surface area contributed by atoms with Crippen LogP contribution in [0.25, 0.3) is 0 Å². The fraction of sp³-hybridized carbons (Fsp3) is 0.235. The molecule has 2 aromatic carbocycles. The largest absolute Gasteiger partial charge is 0.319 e. The van der Waals surface area contributed by atoms with Gasteiger partial charge in [0.05, 0.1) is 21.2 Å². The molecule has 8 heteroatoms. The summed E-state index contributed by atoms with van der Waals surface area (Å²) in [5, 5.41) is 2.48. The Bertz CT molecular complexity index is 914. The highest BCUT2D eigenvalue weighted by molar-refractivity contribution is 7.89. The van der Waals surface area contributed by atoms with E-state index < -0.39 is 21.7 Å². The van der Waals surface area contributed by atoms with Crippen molar-refractivity contribution in [3.63, 3.8) is 0 Å². The molecule has 0 radical (unpaired) electrons. The van der Waals surface area contributed by atoms with Crippen LogP contribution < -0.4 is 10.0 Å². The highest BCUT2D eigenvalue weighted by Crippen LogP contribution is 2.23. The summed E-state index contributed by atoms with van der Waals surface area (Å²) in [5.74, 6) is -1.29. The van der Waals surface area contributed by atoms with E-state index in [4.69, 9.17) is 11.6 Å². The number of nitrogens with one attached hydrogen (secondary N) is 2. The van der Waals surface area contributed by atoms with E-state index in [-0.39, 0.29) is 27.2 Å². The van der Waals surface area contributed by atoms with E-state index in [1.807, 2.05) is 0 Å². The van der Waals surface area contributed by atoms with Crippen LogP contribution in [0.4, 0.5) is 10.1 Å². The highest BCUT2D eigenvalue weighted by atomic mass is 35.5. The maximum atomic E-state index is 13.8. The van der Waals surface area contributed by atoms with Gasteiger partial charge < -0.3 is 5.32 Å². The van der Waals surface area contributed by atoms with Gasteiger partial charge in [-0.1, -0.05) is 17.7 Å². The number of aryl methyl sites for hydroxylation is 1. The molecule has 25 heavy (non-hydrogen) atoms. The van der Waals surface area contributed by atoms with Crippen molar-refractivity contribution in [2.45, 2.75) is 31.7 Å². The molecule has 0 aliphatic rings. The maximum absolute atomic E-state index is 13.8. The van der Waals surface area contributed by atoms with Gasteiger partial charge in [0.15, 0.2) is 0 Å². The van der Waals surface area contributed by atoms with Gasteiger partial charge in [-0.2, -0.15) is 0 Å². The van der Waals surface area contributed by atoms with Crippen molar-refractivity contribution in [3.05, 3.63) is 58.4 Å². The summed E-state index contributed by atoms with van der Waals surface area (Å²) in [5.41, 5.74) is 0.698. The Hall–Kier alpha value is -1.96. The second-order valence-corrected chi connectivity index (χ2v) is 7.98. The van der Waals surface area contributed by atoms with Gasteiger partial charge in [-0.15, -0.1) is 0 Å². The highest BCUT2D eigenvalue weighted by Gasteiger charge is 2.20. The summed E-state index contributed by atoms with van der Waals surface area (Å²) in [6, 6.07) is 7.76. The van der Waals surface area contributed by atoms with Crippen molar-refractivity contribution < 1.29 is 17.6 Å². The Kier molecular flexibility index (Phi) is 5.82. The van der Waals surface area contributed by atoms with Gasteiger partial charge in [0.1, 0.15) is 5.82 Å². The van der Waals surface area contributed by atoms with Gasteiger partial charge in [0, 0.05) is 6.04 Å². The lowest BCUT2D eigenvalue weighted by Crippen LogP contribution is -2.30. The number of sulfonamides is 1. The molecule has 2 rings (SSSR count). The van der Waals surface area contributed by atoms with E-state index in [2.05, 4.69) is 10.0 Å². The van der Waals surface area contributed by atoms with E-state index in [1.54, 1.807) is 26.8 Å². The molecule has 1 amide bonds. The SMILES string of the molecule is Cc1ccc(F)c(NC(=O)c2cc(S(=O)(=O)NC(C)C)ccc2Cl)c1. The number of hydrogen-bond donors (Lipinski definition) is 2. The zero-order chi connectivity index (χ0) is 18.8. The monoisotopic (exact) mass is 384 g/mol. The van der Waals surface area contributed by atoms with Gasteiger partial charge in [-0.3, -0.25) is 4.79 Å². The lowest BCUT2D eigenvalue weighted by atomic mass is 10.2. The lowest BCUT2D eigenvalue weighted by Gasteiger charge is -2.12. The minimum Gasteiger partial charge on any atom is -0.319 e. The number of halogens is 2. The first kappa shape index (κ1) is 19.4. The molecule has 0 aliphatic carbocycles. The third-order valence-corrected chi connectivity index (χ3v) is 5.24. The topological polar surface area (TPSA) is 75.3 Å². The second kappa shape index (κ2) is 7.51. The van der Waals surface area contributed by atoms with Crippen molar-refractivity contribution >= 4 is 33.2 Å². The summed E-state index contributed by atoms with van der Waals surface area (Å²) in [4.78, 5) is 12.3.